The van der Waals surface area contributed by atoms with Crippen molar-refractivity contribution in [2.24, 2.45) is 0 Å². The van der Waals surface area contributed by atoms with Gasteiger partial charge >= 0.3 is 0 Å². The van der Waals surface area contributed by atoms with Gasteiger partial charge in [0.2, 0.25) is 0 Å². The van der Waals surface area contributed by atoms with Crippen LogP contribution in [0.2, 0.25) is 0 Å². The van der Waals surface area contributed by atoms with E-state index in [1.54, 1.807) is 0 Å². The van der Waals surface area contributed by atoms with Crippen molar-refractivity contribution >= 4 is 0 Å². The minimum Gasteiger partial charge on any atom is -0.239 e. The fourth-order valence-electron chi connectivity index (χ4n) is 2.72. The summed E-state index contributed by atoms with van der Waals surface area (Å²) < 4.78 is 0. The summed E-state index contributed by atoms with van der Waals surface area (Å²) in [7, 11) is 0. The second kappa shape index (κ2) is 17.8. The third-order valence-electron chi connectivity index (χ3n) is 4.13. The molecule has 0 spiro atoms. The van der Waals surface area contributed by atoms with Crippen molar-refractivity contribution in [3.05, 3.63) is 12.2 Å². The van der Waals surface area contributed by atoms with Gasteiger partial charge in [0.1, 0.15) is 0 Å². The molecule has 0 bridgehead atoms. The molecule has 1 radical (unpaired) electrons. The molecule has 1 nitrogen and oxygen atoms in total. The second-order valence-corrected chi connectivity index (χ2v) is 6.37. The maximum absolute atomic E-state index is 4.52. The Hall–Kier alpha value is -0.300. The van der Waals surface area contributed by atoms with Crippen molar-refractivity contribution in [3.8, 4) is 0 Å². The van der Waals surface area contributed by atoms with Crippen LogP contribution in [0.3, 0.4) is 0 Å². The first kappa shape index (κ1) is 20.7. The Balaban J connectivity index is 3.07. The highest BCUT2D eigenvalue weighted by Gasteiger charge is 2.00. The number of allylic oxidation sites excluding steroid dienone is 2. The third kappa shape index (κ3) is 17.6. The number of rotatable bonds is 16. The van der Waals surface area contributed by atoms with Crippen LogP contribution in [-0.4, -0.2) is 12.6 Å². The minimum atomic E-state index is 0.584. The summed E-state index contributed by atoms with van der Waals surface area (Å²) >= 11 is 0. The summed E-state index contributed by atoms with van der Waals surface area (Å²) in [5, 5.41) is 4.52. The number of hydrogen-bond donors (Lipinski definition) is 0. The van der Waals surface area contributed by atoms with Gasteiger partial charge in [0.05, 0.1) is 0 Å². The fraction of sp³-hybridized carbons (Fsp3) is 0.900. The molecule has 0 aliphatic carbocycles. The lowest BCUT2D eigenvalue weighted by atomic mass is 10.0. The first-order chi connectivity index (χ1) is 10.3. The molecule has 0 amide bonds. The van der Waals surface area contributed by atoms with Gasteiger partial charge in [-0.1, -0.05) is 83.8 Å². The summed E-state index contributed by atoms with van der Waals surface area (Å²) in [6, 6.07) is 0.584. The van der Waals surface area contributed by atoms with Crippen molar-refractivity contribution in [2.75, 3.05) is 6.54 Å². The molecule has 0 heterocycles. The summed E-state index contributed by atoms with van der Waals surface area (Å²) in [6.45, 7) is 7.63. The van der Waals surface area contributed by atoms with Crippen LogP contribution in [0.1, 0.15) is 104 Å². The van der Waals surface area contributed by atoms with Crippen LogP contribution in [0.25, 0.3) is 0 Å². The van der Waals surface area contributed by atoms with E-state index in [0.717, 1.165) is 6.54 Å². The third-order valence-corrected chi connectivity index (χ3v) is 4.13. The van der Waals surface area contributed by atoms with Crippen molar-refractivity contribution in [1.82, 2.24) is 5.32 Å². The van der Waals surface area contributed by atoms with Crippen LogP contribution in [-0.2, 0) is 0 Å². The van der Waals surface area contributed by atoms with E-state index in [4.69, 9.17) is 0 Å². The van der Waals surface area contributed by atoms with Gasteiger partial charge in [0, 0.05) is 12.6 Å². The molecule has 0 aliphatic heterocycles. The summed E-state index contributed by atoms with van der Waals surface area (Å²) in [4.78, 5) is 0. The zero-order chi connectivity index (χ0) is 15.6. The molecule has 0 saturated heterocycles. The predicted octanol–water partition coefficient (Wildman–Crippen LogP) is 6.65. The lowest BCUT2D eigenvalue weighted by molar-refractivity contribution is 0.479. The molecule has 0 aromatic carbocycles. The highest BCUT2D eigenvalue weighted by atomic mass is 14.9. The Morgan fingerprint density at radius 1 is 0.714 bits per heavy atom. The standard InChI is InChI=1S/C20H40N/c1-4-6-7-8-9-10-11-12-13-14-15-16-17-18-19-20(3)21-5-2/h8-9,20H,4-7,10-19H2,1-3H3/b9-8+. The van der Waals surface area contributed by atoms with Crippen LogP contribution in [0.4, 0.5) is 0 Å². The van der Waals surface area contributed by atoms with E-state index in [-0.39, 0.29) is 0 Å². The van der Waals surface area contributed by atoms with Crippen LogP contribution in [0.15, 0.2) is 12.2 Å². The van der Waals surface area contributed by atoms with Crippen LogP contribution >= 0.6 is 0 Å². The largest absolute Gasteiger partial charge is 0.239 e. The molecular formula is C20H40N. The molecule has 0 N–H and O–H groups in total. The Morgan fingerprint density at radius 2 is 1.24 bits per heavy atom. The van der Waals surface area contributed by atoms with Gasteiger partial charge < -0.3 is 0 Å². The van der Waals surface area contributed by atoms with Gasteiger partial charge in [-0.2, -0.15) is 0 Å². The van der Waals surface area contributed by atoms with Gasteiger partial charge in [-0.05, 0) is 32.6 Å². The van der Waals surface area contributed by atoms with E-state index in [1.807, 2.05) is 0 Å². The predicted molar refractivity (Wildman–Crippen MR) is 97.0 cm³/mol. The highest BCUT2D eigenvalue weighted by molar-refractivity contribution is 4.81. The van der Waals surface area contributed by atoms with Crippen molar-refractivity contribution in [1.29, 1.82) is 0 Å². The minimum absolute atomic E-state index is 0.584. The normalized spacial score (nSPS) is 13.1. The second-order valence-electron chi connectivity index (χ2n) is 6.37. The fourth-order valence-corrected chi connectivity index (χ4v) is 2.72. The van der Waals surface area contributed by atoms with Gasteiger partial charge in [-0.3, -0.25) is 0 Å². The summed E-state index contributed by atoms with van der Waals surface area (Å²) in [6.07, 6.45) is 22.6. The average molecular weight is 295 g/mol. The molecule has 1 unspecified atom stereocenters. The first-order valence-electron chi connectivity index (χ1n) is 9.62. The summed E-state index contributed by atoms with van der Waals surface area (Å²) in [5.74, 6) is 0. The Bertz CT molecular complexity index is 210. The van der Waals surface area contributed by atoms with E-state index >= 15 is 0 Å². The first-order valence-corrected chi connectivity index (χ1v) is 9.62. The number of hydrogen-bond acceptors (Lipinski definition) is 0. The van der Waals surface area contributed by atoms with Crippen LogP contribution < -0.4 is 5.32 Å². The van der Waals surface area contributed by atoms with Gasteiger partial charge in [-0.15, -0.1) is 0 Å². The average Bonchev–Trinajstić information content (AvgIpc) is 2.48. The van der Waals surface area contributed by atoms with Crippen molar-refractivity contribution in [2.45, 2.75) is 110 Å². The maximum Gasteiger partial charge on any atom is 0.0217 e. The van der Waals surface area contributed by atoms with E-state index in [0.29, 0.717) is 6.04 Å². The van der Waals surface area contributed by atoms with Gasteiger partial charge in [-0.25, -0.2) is 5.32 Å². The molecule has 1 atom stereocenters. The molecular weight excluding hydrogens is 254 g/mol. The van der Waals surface area contributed by atoms with E-state index in [2.05, 4.69) is 38.2 Å². The molecule has 0 rings (SSSR count). The van der Waals surface area contributed by atoms with Crippen molar-refractivity contribution in [3.63, 3.8) is 0 Å². The van der Waals surface area contributed by atoms with Crippen LogP contribution in [0.5, 0.6) is 0 Å². The Kier molecular flexibility index (Phi) is 17.5. The Morgan fingerprint density at radius 3 is 1.81 bits per heavy atom. The molecule has 125 valence electrons. The zero-order valence-corrected chi connectivity index (χ0v) is 15.1. The van der Waals surface area contributed by atoms with Crippen molar-refractivity contribution < 1.29 is 0 Å². The molecule has 0 aliphatic rings. The topological polar surface area (TPSA) is 14.1 Å². The molecule has 0 saturated carbocycles. The van der Waals surface area contributed by atoms with Gasteiger partial charge in [0.15, 0.2) is 0 Å². The summed E-state index contributed by atoms with van der Waals surface area (Å²) in [5.41, 5.74) is 0. The lowest BCUT2D eigenvalue weighted by Gasteiger charge is -2.09. The molecule has 0 aromatic rings. The van der Waals surface area contributed by atoms with E-state index in [1.165, 1.54) is 83.5 Å². The monoisotopic (exact) mass is 294 g/mol. The quantitative estimate of drug-likeness (QED) is 0.223. The van der Waals surface area contributed by atoms with Gasteiger partial charge in [0.25, 0.3) is 0 Å². The smallest absolute Gasteiger partial charge is 0.0217 e. The van der Waals surface area contributed by atoms with Crippen LogP contribution in [0, 0.1) is 0 Å². The highest BCUT2D eigenvalue weighted by Crippen LogP contribution is 2.12. The molecule has 21 heavy (non-hydrogen) atoms. The maximum atomic E-state index is 4.52. The molecule has 0 aromatic heterocycles. The molecule has 0 fully saturated rings. The zero-order valence-electron chi connectivity index (χ0n) is 15.1. The number of nitrogens with zero attached hydrogens (tertiary/aromatic N) is 1. The number of unbranched alkanes of at least 4 members (excludes halogenated alkanes) is 10. The Labute approximate surface area is 135 Å². The van der Waals surface area contributed by atoms with E-state index in [9.17, 15) is 0 Å². The van der Waals surface area contributed by atoms with E-state index < -0.39 is 0 Å². The SMILES string of the molecule is CCCC/C=C/CCCCCCCCCCC(C)[N]CC. The molecule has 1 heteroatoms. The lowest BCUT2D eigenvalue weighted by Crippen LogP contribution is -2.17.